The molecule has 18 heavy (non-hydrogen) atoms. The Hall–Kier alpha value is -0.240. The van der Waals surface area contributed by atoms with Gasteiger partial charge in [-0.3, -0.25) is 0 Å². The van der Waals surface area contributed by atoms with Crippen LogP contribution in [0, 0.1) is 0 Å². The van der Waals surface area contributed by atoms with Gasteiger partial charge in [-0.15, -0.1) is 0 Å². The predicted octanol–water partition coefficient (Wildman–Crippen LogP) is 0.375. The number of ether oxygens (including phenoxy) is 5. The zero-order valence-electron chi connectivity index (χ0n) is 11.1. The van der Waals surface area contributed by atoms with Gasteiger partial charge in [-0.25, -0.2) is 0 Å². The molecule has 6 atom stereocenters. The minimum atomic E-state index is -1.58. The number of fused-ring (bicyclic) bond motifs is 3. The van der Waals surface area contributed by atoms with Crippen molar-refractivity contribution in [2.75, 3.05) is 6.61 Å². The third-order valence-corrected chi connectivity index (χ3v) is 3.59. The highest BCUT2D eigenvalue weighted by molar-refractivity contribution is 4.99. The normalized spacial score (nSPS) is 54.8. The molecule has 6 unspecified atom stereocenters. The quantitative estimate of drug-likeness (QED) is 0.679. The molecular weight excluding hydrogens is 240 g/mol. The van der Waals surface area contributed by atoms with Crippen LogP contribution in [-0.2, 0) is 23.7 Å². The van der Waals surface area contributed by atoms with Crippen LogP contribution in [0.15, 0.2) is 0 Å². The summed E-state index contributed by atoms with van der Waals surface area (Å²) >= 11 is 0. The molecule has 0 aliphatic carbocycles. The number of aliphatic hydroxyl groups is 1. The Balaban J connectivity index is 1.84. The van der Waals surface area contributed by atoms with Crippen molar-refractivity contribution in [3.8, 4) is 0 Å². The van der Waals surface area contributed by atoms with Gasteiger partial charge in [0.25, 0.3) is 5.97 Å². The Morgan fingerprint density at radius 3 is 2.39 bits per heavy atom. The van der Waals surface area contributed by atoms with Crippen LogP contribution in [0.1, 0.15) is 27.7 Å². The van der Waals surface area contributed by atoms with E-state index in [0.29, 0.717) is 6.61 Å². The number of hydrogen-bond acceptors (Lipinski definition) is 6. The van der Waals surface area contributed by atoms with Gasteiger partial charge in [-0.2, -0.15) is 0 Å². The van der Waals surface area contributed by atoms with Gasteiger partial charge in [0.1, 0.15) is 24.4 Å². The van der Waals surface area contributed by atoms with E-state index in [1.54, 1.807) is 0 Å². The fourth-order valence-corrected chi connectivity index (χ4v) is 2.85. The van der Waals surface area contributed by atoms with Crippen molar-refractivity contribution in [2.45, 2.75) is 70.0 Å². The average molecular weight is 260 g/mol. The summed E-state index contributed by atoms with van der Waals surface area (Å²) in [6, 6.07) is 0. The standard InChI is InChI=1S/C12H20O6/c1-6-8-10(18-12(4,13)17-8)9-7(15-6)5-14-11(2,3)16-9/h6-10,13H,5H2,1-4H3. The lowest BCUT2D eigenvalue weighted by Crippen LogP contribution is -2.62. The Kier molecular flexibility index (Phi) is 2.75. The molecule has 6 heteroatoms. The molecule has 3 aliphatic rings. The summed E-state index contributed by atoms with van der Waals surface area (Å²) in [5.74, 6) is -2.25. The topological polar surface area (TPSA) is 66.4 Å². The van der Waals surface area contributed by atoms with E-state index in [2.05, 4.69) is 0 Å². The highest BCUT2D eigenvalue weighted by Gasteiger charge is 2.58. The number of rotatable bonds is 0. The summed E-state index contributed by atoms with van der Waals surface area (Å²) in [5, 5.41) is 9.88. The maximum atomic E-state index is 9.88. The molecular formula is C12H20O6. The summed E-state index contributed by atoms with van der Waals surface area (Å²) in [5.41, 5.74) is 0. The third-order valence-electron chi connectivity index (χ3n) is 3.59. The molecule has 3 fully saturated rings. The fraction of sp³-hybridized carbons (Fsp3) is 1.00. The molecule has 0 bridgehead atoms. The first-order chi connectivity index (χ1) is 8.27. The third kappa shape index (κ3) is 2.07. The predicted molar refractivity (Wildman–Crippen MR) is 59.6 cm³/mol. The molecule has 3 heterocycles. The second kappa shape index (κ2) is 3.88. The van der Waals surface area contributed by atoms with Crippen LogP contribution in [0.5, 0.6) is 0 Å². The fourth-order valence-electron chi connectivity index (χ4n) is 2.85. The maximum Gasteiger partial charge on any atom is 0.278 e. The average Bonchev–Trinajstić information content (AvgIpc) is 2.56. The molecule has 3 rings (SSSR count). The van der Waals surface area contributed by atoms with E-state index in [9.17, 15) is 5.11 Å². The van der Waals surface area contributed by atoms with Crippen LogP contribution >= 0.6 is 0 Å². The second-order valence-electron chi connectivity index (χ2n) is 5.74. The lowest BCUT2D eigenvalue weighted by atomic mass is 9.94. The molecule has 0 amide bonds. The molecule has 1 N–H and O–H groups in total. The van der Waals surface area contributed by atoms with Crippen LogP contribution in [0.3, 0.4) is 0 Å². The summed E-state index contributed by atoms with van der Waals surface area (Å²) in [7, 11) is 0. The van der Waals surface area contributed by atoms with E-state index in [1.807, 2.05) is 20.8 Å². The van der Waals surface area contributed by atoms with Gasteiger partial charge in [0.05, 0.1) is 12.7 Å². The minimum Gasteiger partial charge on any atom is -0.367 e. The lowest BCUT2D eigenvalue weighted by molar-refractivity contribution is -0.350. The van der Waals surface area contributed by atoms with Gasteiger partial charge in [0, 0.05) is 6.92 Å². The molecule has 0 aromatic heterocycles. The Morgan fingerprint density at radius 2 is 1.67 bits per heavy atom. The Morgan fingerprint density at radius 1 is 1.00 bits per heavy atom. The van der Waals surface area contributed by atoms with Gasteiger partial charge >= 0.3 is 0 Å². The first kappa shape index (κ1) is 12.8. The van der Waals surface area contributed by atoms with E-state index in [0.717, 1.165) is 0 Å². The molecule has 0 aromatic rings. The molecule has 104 valence electrons. The summed E-state index contributed by atoms with van der Waals surface area (Å²) < 4.78 is 28.3. The molecule has 0 spiro atoms. The molecule has 0 radical (unpaired) electrons. The van der Waals surface area contributed by atoms with Crippen molar-refractivity contribution in [1.29, 1.82) is 0 Å². The van der Waals surface area contributed by atoms with E-state index in [-0.39, 0.29) is 30.5 Å². The van der Waals surface area contributed by atoms with Crippen LogP contribution < -0.4 is 0 Å². The monoisotopic (exact) mass is 260 g/mol. The van der Waals surface area contributed by atoms with E-state index >= 15 is 0 Å². The summed E-state index contributed by atoms with van der Waals surface area (Å²) in [6.45, 7) is 7.54. The first-order valence-electron chi connectivity index (χ1n) is 6.33. The van der Waals surface area contributed by atoms with Gasteiger partial charge in [0.15, 0.2) is 5.79 Å². The highest BCUT2D eigenvalue weighted by atomic mass is 16.9. The molecule has 6 nitrogen and oxygen atoms in total. The lowest BCUT2D eigenvalue weighted by Gasteiger charge is -2.47. The maximum absolute atomic E-state index is 9.88. The zero-order chi connectivity index (χ0) is 13.1. The summed E-state index contributed by atoms with van der Waals surface area (Å²) in [6.07, 6.45) is -1.30. The van der Waals surface area contributed by atoms with Crippen LogP contribution in [0.2, 0.25) is 0 Å². The van der Waals surface area contributed by atoms with Crippen molar-refractivity contribution in [3.63, 3.8) is 0 Å². The van der Waals surface area contributed by atoms with Crippen molar-refractivity contribution >= 4 is 0 Å². The minimum absolute atomic E-state index is 0.168. The molecule has 3 saturated heterocycles. The SMILES string of the molecule is CC1OC2COC(C)(C)OC2C2OC(C)(O)OC12. The first-order valence-corrected chi connectivity index (χ1v) is 6.33. The van der Waals surface area contributed by atoms with E-state index in [1.165, 1.54) is 6.92 Å². The van der Waals surface area contributed by atoms with Crippen LogP contribution in [0.4, 0.5) is 0 Å². The van der Waals surface area contributed by atoms with Crippen molar-refractivity contribution in [2.24, 2.45) is 0 Å². The van der Waals surface area contributed by atoms with Crippen LogP contribution in [0.25, 0.3) is 0 Å². The van der Waals surface area contributed by atoms with Crippen molar-refractivity contribution < 1.29 is 28.8 Å². The largest absolute Gasteiger partial charge is 0.367 e. The van der Waals surface area contributed by atoms with Gasteiger partial charge < -0.3 is 28.8 Å². The second-order valence-corrected chi connectivity index (χ2v) is 5.74. The smallest absolute Gasteiger partial charge is 0.278 e. The Labute approximate surface area is 106 Å². The molecule has 0 aromatic carbocycles. The van der Waals surface area contributed by atoms with Crippen molar-refractivity contribution in [1.82, 2.24) is 0 Å². The number of hydrogen-bond donors (Lipinski definition) is 1. The summed E-state index contributed by atoms with van der Waals surface area (Å²) in [4.78, 5) is 0. The van der Waals surface area contributed by atoms with E-state index in [4.69, 9.17) is 23.7 Å². The van der Waals surface area contributed by atoms with Gasteiger partial charge in [-0.1, -0.05) is 0 Å². The molecule has 0 saturated carbocycles. The van der Waals surface area contributed by atoms with Gasteiger partial charge in [0.2, 0.25) is 0 Å². The highest BCUT2D eigenvalue weighted by Crippen LogP contribution is 2.40. The van der Waals surface area contributed by atoms with Crippen LogP contribution in [-0.4, -0.2) is 54.0 Å². The van der Waals surface area contributed by atoms with E-state index < -0.39 is 11.8 Å². The Bertz CT molecular complexity index is 341. The van der Waals surface area contributed by atoms with Crippen molar-refractivity contribution in [3.05, 3.63) is 0 Å². The van der Waals surface area contributed by atoms with Gasteiger partial charge in [-0.05, 0) is 20.8 Å². The zero-order valence-corrected chi connectivity index (χ0v) is 11.1. The molecule has 3 aliphatic heterocycles.